The molecule has 3 nitrogen and oxygen atoms in total. The van der Waals surface area contributed by atoms with E-state index in [-0.39, 0.29) is 5.41 Å². The SMILES string of the molecule is CNCC1(C(=O)N(C)CCc2ccc(C)cc2)CC1. The molecule has 0 radical (unpaired) electrons. The summed E-state index contributed by atoms with van der Waals surface area (Å²) in [6.45, 7) is 3.70. The first-order valence-corrected chi connectivity index (χ1v) is 7.03. The van der Waals surface area contributed by atoms with Crippen molar-refractivity contribution in [3.05, 3.63) is 35.4 Å². The van der Waals surface area contributed by atoms with E-state index in [1.54, 1.807) is 0 Å². The van der Waals surface area contributed by atoms with Crippen LogP contribution in [0.15, 0.2) is 24.3 Å². The van der Waals surface area contributed by atoms with Gasteiger partial charge in [-0.3, -0.25) is 4.79 Å². The second-order valence-corrected chi connectivity index (χ2v) is 5.77. The number of likely N-dealkylation sites (N-methyl/N-ethyl adjacent to an activating group) is 1. The van der Waals surface area contributed by atoms with Gasteiger partial charge in [-0.15, -0.1) is 0 Å². The second kappa shape index (κ2) is 5.74. The smallest absolute Gasteiger partial charge is 0.229 e. The number of carbonyl (C=O) groups excluding carboxylic acids is 1. The van der Waals surface area contributed by atoms with Crippen molar-refractivity contribution in [3.63, 3.8) is 0 Å². The summed E-state index contributed by atoms with van der Waals surface area (Å²) >= 11 is 0. The first-order valence-electron chi connectivity index (χ1n) is 7.03. The summed E-state index contributed by atoms with van der Waals surface area (Å²) in [6.07, 6.45) is 2.99. The standard InChI is InChI=1S/C16H24N2O/c1-13-4-6-14(7-5-13)8-11-18(3)15(19)16(9-10-16)12-17-2/h4-7,17H,8-12H2,1-3H3. The van der Waals surface area contributed by atoms with Crippen LogP contribution in [0.5, 0.6) is 0 Å². The van der Waals surface area contributed by atoms with Gasteiger partial charge >= 0.3 is 0 Å². The van der Waals surface area contributed by atoms with Crippen LogP contribution in [0.4, 0.5) is 0 Å². The van der Waals surface area contributed by atoms with Gasteiger partial charge in [0.1, 0.15) is 0 Å². The Balaban J connectivity index is 1.86. The molecule has 1 aliphatic rings. The lowest BCUT2D eigenvalue weighted by Gasteiger charge is -2.23. The van der Waals surface area contributed by atoms with Crippen molar-refractivity contribution in [2.75, 3.05) is 27.2 Å². The van der Waals surface area contributed by atoms with Gasteiger partial charge in [-0.05, 0) is 38.8 Å². The number of hydrogen-bond acceptors (Lipinski definition) is 2. The van der Waals surface area contributed by atoms with Crippen LogP contribution < -0.4 is 5.32 Å². The Morgan fingerprint density at radius 2 is 1.95 bits per heavy atom. The van der Waals surface area contributed by atoms with E-state index in [1.165, 1.54) is 11.1 Å². The maximum Gasteiger partial charge on any atom is 0.229 e. The molecule has 0 atom stereocenters. The van der Waals surface area contributed by atoms with E-state index in [2.05, 4.69) is 36.5 Å². The molecule has 0 unspecified atom stereocenters. The second-order valence-electron chi connectivity index (χ2n) is 5.77. The number of nitrogens with zero attached hydrogens (tertiary/aromatic N) is 1. The molecule has 0 heterocycles. The van der Waals surface area contributed by atoms with Gasteiger partial charge < -0.3 is 10.2 Å². The van der Waals surface area contributed by atoms with Gasteiger partial charge in [-0.1, -0.05) is 29.8 Å². The average molecular weight is 260 g/mol. The summed E-state index contributed by atoms with van der Waals surface area (Å²) in [5.74, 6) is 0.300. The molecule has 2 rings (SSSR count). The van der Waals surface area contributed by atoms with Crippen LogP contribution in [0.3, 0.4) is 0 Å². The zero-order valence-electron chi connectivity index (χ0n) is 12.2. The van der Waals surface area contributed by atoms with Gasteiger partial charge in [0.05, 0.1) is 5.41 Å². The molecule has 0 aliphatic heterocycles. The van der Waals surface area contributed by atoms with Crippen LogP contribution in [0.1, 0.15) is 24.0 Å². The van der Waals surface area contributed by atoms with Crippen LogP contribution in [-0.2, 0) is 11.2 Å². The van der Waals surface area contributed by atoms with Crippen molar-refractivity contribution < 1.29 is 4.79 Å². The van der Waals surface area contributed by atoms with Crippen molar-refractivity contribution in [2.45, 2.75) is 26.2 Å². The fourth-order valence-corrected chi connectivity index (χ4v) is 2.51. The molecule has 0 saturated heterocycles. The molecule has 1 amide bonds. The van der Waals surface area contributed by atoms with Gasteiger partial charge in [0.2, 0.25) is 5.91 Å². The number of rotatable bonds is 6. The third-order valence-corrected chi connectivity index (χ3v) is 4.03. The van der Waals surface area contributed by atoms with E-state index in [0.717, 1.165) is 32.4 Å². The first-order chi connectivity index (χ1) is 9.07. The van der Waals surface area contributed by atoms with E-state index in [0.29, 0.717) is 5.91 Å². The largest absolute Gasteiger partial charge is 0.345 e. The third-order valence-electron chi connectivity index (χ3n) is 4.03. The number of amides is 1. The van der Waals surface area contributed by atoms with E-state index < -0.39 is 0 Å². The molecule has 1 aliphatic carbocycles. The Labute approximate surface area is 116 Å². The van der Waals surface area contributed by atoms with Crippen LogP contribution in [0.2, 0.25) is 0 Å². The molecule has 0 aromatic heterocycles. The van der Waals surface area contributed by atoms with Crippen LogP contribution in [-0.4, -0.2) is 38.0 Å². The van der Waals surface area contributed by atoms with Crippen molar-refractivity contribution in [1.29, 1.82) is 0 Å². The molecule has 1 aromatic rings. The minimum atomic E-state index is -0.100. The highest BCUT2D eigenvalue weighted by Gasteiger charge is 2.50. The number of benzene rings is 1. The monoisotopic (exact) mass is 260 g/mol. The van der Waals surface area contributed by atoms with Gasteiger partial charge in [-0.25, -0.2) is 0 Å². The summed E-state index contributed by atoms with van der Waals surface area (Å²) in [7, 11) is 3.84. The molecule has 1 saturated carbocycles. The zero-order valence-corrected chi connectivity index (χ0v) is 12.2. The van der Waals surface area contributed by atoms with Gasteiger partial charge in [0.25, 0.3) is 0 Å². The predicted octanol–water partition coefficient (Wildman–Crippen LogP) is 2.00. The Bertz CT molecular complexity index is 435. The minimum Gasteiger partial charge on any atom is -0.345 e. The van der Waals surface area contributed by atoms with Crippen LogP contribution in [0.25, 0.3) is 0 Å². The molecule has 3 heteroatoms. The van der Waals surface area contributed by atoms with Gasteiger partial charge in [0, 0.05) is 20.1 Å². The summed E-state index contributed by atoms with van der Waals surface area (Å²) in [6, 6.07) is 8.55. The van der Waals surface area contributed by atoms with Crippen LogP contribution in [0, 0.1) is 12.3 Å². The fourth-order valence-electron chi connectivity index (χ4n) is 2.51. The lowest BCUT2D eigenvalue weighted by atomic mass is 10.0. The summed E-state index contributed by atoms with van der Waals surface area (Å²) < 4.78 is 0. The average Bonchev–Trinajstić information content (AvgIpc) is 3.18. The maximum absolute atomic E-state index is 12.4. The Morgan fingerprint density at radius 3 is 2.47 bits per heavy atom. The predicted molar refractivity (Wildman–Crippen MR) is 78.1 cm³/mol. The number of hydrogen-bond donors (Lipinski definition) is 1. The maximum atomic E-state index is 12.4. The van der Waals surface area contributed by atoms with E-state index in [4.69, 9.17) is 0 Å². The van der Waals surface area contributed by atoms with Crippen molar-refractivity contribution in [3.8, 4) is 0 Å². The highest BCUT2D eigenvalue weighted by Crippen LogP contribution is 2.46. The summed E-state index contributed by atoms with van der Waals surface area (Å²) in [5.41, 5.74) is 2.47. The minimum absolute atomic E-state index is 0.100. The molecular formula is C16H24N2O. The third kappa shape index (κ3) is 3.35. The molecule has 0 spiro atoms. The fraction of sp³-hybridized carbons (Fsp3) is 0.562. The highest BCUT2D eigenvalue weighted by molar-refractivity contribution is 5.85. The molecule has 104 valence electrons. The summed E-state index contributed by atoms with van der Waals surface area (Å²) in [5, 5.41) is 3.14. The molecule has 1 N–H and O–H groups in total. The van der Waals surface area contributed by atoms with Crippen LogP contribution >= 0.6 is 0 Å². The Hall–Kier alpha value is -1.35. The van der Waals surface area contributed by atoms with Crippen molar-refractivity contribution >= 4 is 5.91 Å². The van der Waals surface area contributed by atoms with E-state index in [1.807, 2.05) is 19.0 Å². The lowest BCUT2D eigenvalue weighted by molar-refractivity contribution is -0.135. The lowest BCUT2D eigenvalue weighted by Crippen LogP contribution is -2.39. The van der Waals surface area contributed by atoms with Gasteiger partial charge in [-0.2, -0.15) is 0 Å². The molecule has 1 aromatic carbocycles. The Kier molecular flexibility index (Phi) is 4.25. The molecule has 1 fully saturated rings. The molecule has 19 heavy (non-hydrogen) atoms. The van der Waals surface area contributed by atoms with Gasteiger partial charge in [0.15, 0.2) is 0 Å². The first kappa shape index (κ1) is 14.1. The number of carbonyl (C=O) groups is 1. The zero-order chi connectivity index (χ0) is 13.9. The van der Waals surface area contributed by atoms with E-state index >= 15 is 0 Å². The topological polar surface area (TPSA) is 32.3 Å². The number of nitrogens with one attached hydrogen (secondary N) is 1. The molecule has 0 bridgehead atoms. The highest BCUT2D eigenvalue weighted by atomic mass is 16.2. The normalized spacial score (nSPS) is 16.2. The Morgan fingerprint density at radius 1 is 1.32 bits per heavy atom. The quantitative estimate of drug-likeness (QED) is 0.848. The van der Waals surface area contributed by atoms with Crippen molar-refractivity contribution in [1.82, 2.24) is 10.2 Å². The summed E-state index contributed by atoms with van der Waals surface area (Å²) in [4.78, 5) is 14.3. The van der Waals surface area contributed by atoms with Crippen molar-refractivity contribution in [2.24, 2.45) is 5.41 Å². The molecular weight excluding hydrogens is 236 g/mol. The number of aryl methyl sites for hydroxylation is 1. The van der Waals surface area contributed by atoms with E-state index in [9.17, 15) is 4.79 Å².